The molecule has 0 atom stereocenters. The maximum atomic E-state index is 2.40. The third kappa shape index (κ3) is 10.2. The molecule has 0 bridgehead atoms. The van der Waals surface area contributed by atoms with Gasteiger partial charge in [-0.15, -0.1) is 0 Å². The molecule has 0 radical (unpaired) electrons. The first-order valence-electron chi connectivity index (χ1n) is 21.5. The van der Waals surface area contributed by atoms with Crippen LogP contribution in [0, 0.1) is 104 Å². The molecule has 0 unspecified atom stereocenters. The summed E-state index contributed by atoms with van der Waals surface area (Å²) in [5, 5.41) is 0. The third-order valence-electron chi connectivity index (χ3n) is 12.3. The number of hydrogen-bond donors (Lipinski definition) is 0. The van der Waals surface area contributed by atoms with E-state index in [0.717, 1.165) is 20.0 Å². The van der Waals surface area contributed by atoms with Crippen LogP contribution in [0.25, 0.3) is 0 Å². The highest BCUT2D eigenvalue weighted by atomic mass is 35.5. The quantitative estimate of drug-likeness (QED) is 0.252. The molecule has 9 heteroatoms. The summed E-state index contributed by atoms with van der Waals surface area (Å²) in [7, 11) is 0. The lowest BCUT2D eigenvalue weighted by Gasteiger charge is -2.31. The number of hydrogen-bond acceptors (Lipinski definition) is 6. The zero-order valence-corrected chi connectivity index (χ0v) is 42.4. The molecular formula is C54H66Cl3N6-3. The smallest absolute Gasteiger partial charge is 0.0989 e. The van der Waals surface area contributed by atoms with E-state index in [-0.39, 0.29) is 37.2 Å². The van der Waals surface area contributed by atoms with Gasteiger partial charge in [-0.3, -0.25) is 0 Å². The molecule has 3 heterocycles. The van der Waals surface area contributed by atoms with Crippen LogP contribution >= 0.6 is 0 Å². The average Bonchev–Trinajstić information content (AvgIpc) is 3.90. The molecule has 8 rings (SSSR count). The predicted molar refractivity (Wildman–Crippen MR) is 260 cm³/mol. The highest BCUT2D eigenvalue weighted by Gasteiger charge is 2.27. The lowest BCUT2D eigenvalue weighted by atomic mass is 10.0. The van der Waals surface area contributed by atoms with E-state index in [4.69, 9.17) is 0 Å². The highest BCUT2D eigenvalue weighted by Crippen LogP contribution is 2.41. The van der Waals surface area contributed by atoms with Crippen molar-refractivity contribution in [3.63, 3.8) is 0 Å². The molecule has 3 aliphatic rings. The number of rotatable bonds is 6. The minimum absolute atomic E-state index is 0. The van der Waals surface area contributed by atoms with Crippen molar-refractivity contribution in [2.24, 2.45) is 0 Å². The molecular weight excluding hydrogens is 839 g/mol. The van der Waals surface area contributed by atoms with Gasteiger partial charge in [0.25, 0.3) is 0 Å². The summed E-state index contributed by atoms with van der Waals surface area (Å²) in [6, 6.07) is 20.5. The summed E-state index contributed by atoms with van der Waals surface area (Å²) in [6.07, 6.45) is 13.3. The van der Waals surface area contributed by atoms with Gasteiger partial charge in [0, 0.05) is 59.9 Å². The van der Waals surface area contributed by atoms with Crippen molar-refractivity contribution >= 4 is 34.1 Å². The Morgan fingerprint density at radius 2 is 0.397 bits per heavy atom. The van der Waals surface area contributed by atoms with E-state index in [1.807, 2.05) is 0 Å². The van der Waals surface area contributed by atoms with Crippen molar-refractivity contribution < 1.29 is 37.2 Å². The molecule has 0 aromatic heterocycles. The summed E-state index contributed by atoms with van der Waals surface area (Å²) in [5.74, 6) is 0. The summed E-state index contributed by atoms with van der Waals surface area (Å²) in [5.41, 5.74) is 27.8. The van der Waals surface area contributed by atoms with Gasteiger partial charge in [-0.25, -0.2) is 0 Å². The highest BCUT2D eigenvalue weighted by molar-refractivity contribution is 5.79. The number of nitrogens with zero attached hydrogens (tertiary/aromatic N) is 6. The summed E-state index contributed by atoms with van der Waals surface area (Å²) in [6.45, 7) is 35.6. The number of aryl methyl sites for hydroxylation is 14. The van der Waals surface area contributed by atoms with E-state index in [1.54, 1.807) is 0 Å². The van der Waals surface area contributed by atoms with Crippen molar-refractivity contribution in [1.29, 1.82) is 0 Å². The standard InChI is InChI=1S/C33H40N4.C21H26N2.3ClH/c1-21-14-23(3)30(24(4)15-21)34-10-12-36(19-34)32-27(7)18-28(8)33(29(32)9)37-13-11-35(20-37)31-25(5)16-22(2)17-26(31)6;1-14-9-16(3)20(17(4)10-14)22-7-8-23(13-22)21-18(5)11-15(2)12-19(21)6;;;/h10-18H,19-20H2,1-9H3;7-12H,13H2,1-6H3;3*1H/p-3. The zero-order chi connectivity index (χ0) is 43.3. The lowest BCUT2D eigenvalue weighted by molar-refractivity contribution is -0.001000. The van der Waals surface area contributed by atoms with Crippen LogP contribution in [-0.4, -0.2) is 20.0 Å². The number of halogens is 3. The van der Waals surface area contributed by atoms with Crippen LogP contribution in [0.15, 0.2) is 91.8 Å². The fourth-order valence-electron chi connectivity index (χ4n) is 10.7. The first-order valence-corrected chi connectivity index (χ1v) is 21.5. The monoisotopic (exact) mass is 903 g/mol. The SMILES string of the molecule is Cc1cc(C)c(N2C=CN(c3c(C)cc(C)c(N4C=CN(c5c(C)cc(C)cc5C)C4)c3C)C2)c(C)c1.Cc1cc(C)c(N2C=CN(c3c(C)cc(C)cc3C)C2)c(C)c1.[Cl-].[Cl-].[Cl-]. The molecule has 5 aromatic carbocycles. The zero-order valence-electron chi connectivity index (χ0n) is 40.1. The Labute approximate surface area is 397 Å². The maximum Gasteiger partial charge on any atom is 0.0989 e. The van der Waals surface area contributed by atoms with E-state index in [1.165, 1.54) is 118 Å². The topological polar surface area (TPSA) is 19.4 Å². The van der Waals surface area contributed by atoms with Gasteiger partial charge in [-0.1, -0.05) is 76.9 Å². The van der Waals surface area contributed by atoms with Crippen molar-refractivity contribution in [2.45, 2.75) is 104 Å². The normalized spacial score (nSPS) is 14.0. The van der Waals surface area contributed by atoms with E-state index in [9.17, 15) is 0 Å². The average molecular weight is 906 g/mol. The number of benzene rings is 5. The summed E-state index contributed by atoms with van der Waals surface area (Å²) >= 11 is 0. The van der Waals surface area contributed by atoms with Crippen LogP contribution < -0.4 is 66.6 Å². The molecule has 336 valence electrons. The van der Waals surface area contributed by atoms with Crippen LogP contribution in [0.5, 0.6) is 0 Å². The van der Waals surface area contributed by atoms with Gasteiger partial charge in [0.2, 0.25) is 0 Å². The van der Waals surface area contributed by atoms with E-state index in [0.29, 0.717) is 0 Å². The molecule has 0 aliphatic carbocycles. The lowest BCUT2D eigenvalue weighted by Crippen LogP contribution is -3.00. The minimum atomic E-state index is 0. The Balaban J connectivity index is 0.000000291. The van der Waals surface area contributed by atoms with Gasteiger partial charge in [0.1, 0.15) is 0 Å². The van der Waals surface area contributed by atoms with Crippen LogP contribution in [0.4, 0.5) is 34.1 Å². The van der Waals surface area contributed by atoms with Gasteiger partial charge in [-0.05, 0) is 165 Å². The third-order valence-corrected chi connectivity index (χ3v) is 12.3. The molecule has 0 spiro atoms. The molecule has 0 N–H and O–H groups in total. The van der Waals surface area contributed by atoms with E-state index < -0.39 is 0 Å². The molecule has 0 saturated heterocycles. The van der Waals surface area contributed by atoms with Crippen molar-refractivity contribution in [3.8, 4) is 0 Å². The molecule has 0 saturated carbocycles. The molecule has 3 aliphatic heterocycles. The number of anilines is 6. The second-order valence-electron chi connectivity index (χ2n) is 18.0. The van der Waals surface area contributed by atoms with Crippen LogP contribution in [0.3, 0.4) is 0 Å². The van der Waals surface area contributed by atoms with Crippen molar-refractivity contribution in [2.75, 3.05) is 49.4 Å². The Hall–Kier alpha value is -5.01. The largest absolute Gasteiger partial charge is 1.00 e. The minimum Gasteiger partial charge on any atom is -1.00 e. The molecule has 0 fully saturated rings. The molecule has 0 amide bonds. The summed E-state index contributed by atoms with van der Waals surface area (Å²) in [4.78, 5) is 14.3. The fourth-order valence-corrected chi connectivity index (χ4v) is 10.7. The Bertz CT molecular complexity index is 2330. The Kier molecular flexibility index (Phi) is 16.3. The molecule has 63 heavy (non-hydrogen) atoms. The Morgan fingerprint density at radius 3 is 0.587 bits per heavy atom. The van der Waals surface area contributed by atoms with E-state index in [2.05, 4.69) is 225 Å². The predicted octanol–water partition coefficient (Wildman–Crippen LogP) is 4.28. The second-order valence-corrected chi connectivity index (χ2v) is 18.0. The maximum absolute atomic E-state index is 2.40. The van der Waals surface area contributed by atoms with Gasteiger partial charge >= 0.3 is 0 Å². The first kappa shape index (κ1) is 50.6. The van der Waals surface area contributed by atoms with Crippen molar-refractivity contribution in [3.05, 3.63) is 175 Å². The van der Waals surface area contributed by atoms with Crippen molar-refractivity contribution in [1.82, 2.24) is 0 Å². The van der Waals surface area contributed by atoms with Crippen LogP contribution in [-0.2, 0) is 0 Å². The van der Waals surface area contributed by atoms with Gasteiger partial charge in [-0.2, -0.15) is 0 Å². The first-order chi connectivity index (χ1) is 28.4. The Morgan fingerprint density at radius 1 is 0.238 bits per heavy atom. The van der Waals surface area contributed by atoms with Crippen LogP contribution in [0.1, 0.15) is 83.5 Å². The van der Waals surface area contributed by atoms with Crippen LogP contribution in [0.2, 0.25) is 0 Å². The fraction of sp³-hybridized carbons (Fsp3) is 0.333. The van der Waals surface area contributed by atoms with E-state index >= 15 is 0 Å². The molecule has 5 aromatic rings. The van der Waals surface area contributed by atoms with Gasteiger partial charge in [0.15, 0.2) is 0 Å². The van der Waals surface area contributed by atoms with Gasteiger partial charge in [0.05, 0.1) is 31.4 Å². The second kappa shape index (κ2) is 20.2. The summed E-state index contributed by atoms with van der Waals surface area (Å²) < 4.78 is 0. The molecule has 6 nitrogen and oxygen atoms in total. The van der Waals surface area contributed by atoms with Gasteiger partial charge < -0.3 is 66.6 Å².